The van der Waals surface area contributed by atoms with Crippen molar-refractivity contribution in [3.8, 4) is 0 Å². The molecule has 1 aromatic rings. The van der Waals surface area contributed by atoms with Crippen molar-refractivity contribution in [3.05, 3.63) is 30.1 Å². The molecule has 1 aromatic heterocycles. The summed E-state index contributed by atoms with van der Waals surface area (Å²) >= 11 is 0. The number of pyridine rings is 1. The maximum Gasteiger partial charge on any atom is 0.265 e. The molecule has 9 heteroatoms. The van der Waals surface area contributed by atoms with Gasteiger partial charge in [-0.15, -0.1) is 0 Å². The Morgan fingerprint density at radius 1 is 1.44 bits per heavy atom. The first-order valence-corrected chi connectivity index (χ1v) is 5.53. The minimum absolute atomic E-state index is 0. The predicted molar refractivity (Wildman–Crippen MR) is 59.1 cm³/mol. The Hall–Kier alpha value is -0.510. The quantitative estimate of drug-likeness (QED) is 0.191. The largest absolute Gasteiger partial charge is 0.290 e. The van der Waals surface area contributed by atoms with Crippen molar-refractivity contribution in [2.75, 3.05) is 6.26 Å². The van der Waals surface area contributed by atoms with Crippen LogP contribution in [-0.2, 0) is 10.1 Å². The Morgan fingerprint density at radius 3 is 2.12 bits per heavy atom. The summed E-state index contributed by atoms with van der Waals surface area (Å²) in [5.74, 6) is 4.58. The third-order valence-corrected chi connectivity index (χ3v) is 1.07. The standard InChI is InChI=1S/C6H7N3O.CH4O3S.Na/c7-9-6(10)5-1-3-8-4-2-5;1-5(2,3)4;/h1-4H,7H2,(H,9,10);1H3,(H,2,3,4);. The van der Waals surface area contributed by atoms with Gasteiger partial charge >= 0.3 is 0 Å². The molecule has 0 aliphatic heterocycles. The van der Waals surface area contributed by atoms with Crippen LogP contribution in [0.25, 0.3) is 0 Å². The fraction of sp³-hybridized carbons (Fsp3) is 0.143. The van der Waals surface area contributed by atoms with Crippen molar-refractivity contribution in [1.82, 2.24) is 10.4 Å². The van der Waals surface area contributed by atoms with Crippen LogP contribution in [0.3, 0.4) is 0 Å². The Balaban J connectivity index is 0. The maximum absolute atomic E-state index is 10.7. The van der Waals surface area contributed by atoms with E-state index in [0.717, 1.165) is 0 Å². The van der Waals surface area contributed by atoms with Crippen molar-refractivity contribution < 1.29 is 17.8 Å². The van der Waals surface area contributed by atoms with E-state index in [1.54, 1.807) is 12.1 Å². The second kappa shape index (κ2) is 8.62. The number of carbonyl (C=O) groups excluding carboxylic acids is 1. The fourth-order valence-electron chi connectivity index (χ4n) is 0.587. The molecular formula is C7H11N3NaO4S. The van der Waals surface area contributed by atoms with Crippen LogP contribution >= 0.6 is 0 Å². The number of hydrogen-bond acceptors (Lipinski definition) is 5. The molecule has 85 valence electrons. The summed E-state index contributed by atoms with van der Waals surface area (Å²) in [6.07, 6.45) is 3.78. The zero-order valence-corrected chi connectivity index (χ0v) is 11.7. The van der Waals surface area contributed by atoms with E-state index < -0.39 is 10.1 Å². The van der Waals surface area contributed by atoms with Gasteiger partial charge in [0.05, 0.1) is 6.26 Å². The smallest absolute Gasteiger partial charge is 0.265 e. The third-order valence-electron chi connectivity index (χ3n) is 1.07. The van der Waals surface area contributed by atoms with E-state index in [-0.39, 0.29) is 35.5 Å². The summed E-state index contributed by atoms with van der Waals surface area (Å²) in [5, 5.41) is 0. The molecule has 0 unspecified atom stereocenters. The normalized spacial score (nSPS) is 9.19. The first-order chi connectivity index (χ1) is 6.84. The van der Waals surface area contributed by atoms with Gasteiger partial charge in [0, 0.05) is 47.5 Å². The van der Waals surface area contributed by atoms with E-state index in [9.17, 15) is 13.2 Å². The van der Waals surface area contributed by atoms with Gasteiger partial charge in [-0.3, -0.25) is 19.8 Å². The monoisotopic (exact) mass is 256 g/mol. The number of carbonyl (C=O) groups is 1. The van der Waals surface area contributed by atoms with Gasteiger partial charge in [-0.1, -0.05) is 0 Å². The predicted octanol–water partition coefficient (Wildman–Crippen LogP) is -1.19. The molecule has 0 saturated carbocycles. The molecule has 0 fully saturated rings. The zero-order valence-electron chi connectivity index (χ0n) is 8.91. The molecule has 0 spiro atoms. The van der Waals surface area contributed by atoms with Gasteiger partial charge in [0.15, 0.2) is 0 Å². The van der Waals surface area contributed by atoms with Crippen molar-refractivity contribution >= 4 is 45.6 Å². The first-order valence-electron chi connectivity index (χ1n) is 3.68. The average Bonchev–Trinajstić information content (AvgIpc) is 2.15. The van der Waals surface area contributed by atoms with Crippen LogP contribution in [0.2, 0.25) is 0 Å². The second-order valence-electron chi connectivity index (χ2n) is 2.44. The molecule has 0 saturated heterocycles. The first kappa shape index (κ1) is 17.9. The van der Waals surface area contributed by atoms with E-state index in [1.165, 1.54) is 12.4 Å². The Morgan fingerprint density at radius 2 is 1.81 bits per heavy atom. The molecule has 1 radical (unpaired) electrons. The Labute approximate surface area is 115 Å². The van der Waals surface area contributed by atoms with Crippen LogP contribution in [0.15, 0.2) is 24.5 Å². The van der Waals surface area contributed by atoms with E-state index in [0.29, 0.717) is 11.8 Å². The van der Waals surface area contributed by atoms with Crippen LogP contribution in [0, 0.1) is 0 Å². The molecule has 16 heavy (non-hydrogen) atoms. The molecule has 0 bridgehead atoms. The molecular weight excluding hydrogens is 245 g/mol. The maximum atomic E-state index is 10.7. The summed E-state index contributed by atoms with van der Waals surface area (Å²) < 4.78 is 25.9. The van der Waals surface area contributed by atoms with E-state index >= 15 is 0 Å². The zero-order chi connectivity index (χ0) is 11.9. The van der Waals surface area contributed by atoms with Gasteiger partial charge in [0.1, 0.15) is 0 Å². The third kappa shape index (κ3) is 11.6. The number of nitrogens with two attached hydrogens (primary N) is 1. The van der Waals surface area contributed by atoms with E-state index in [1.807, 2.05) is 5.43 Å². The molecule has 7 nitrogen and oxygen atoms in total. The summed E-state index contributed by atoms with van der Waals surface area (Å²) in [6, 6.07) is 3.17. The van der Waals surface area contributed by atoms with Crippen LogP contribution < -0.4 is 11.3 Å². The van der Waals surface area contributed by atoms with Crippen LogP contribution in [0.1, 0.15) is 10.4 Å². The van der Waals surface area contributed by atoms with Gasteiger partial charge in [0.25, 0.3) is 16.0 Å². The second-order valence-corrected chi connectivity index (χ2v) is 3.91. The molecule has 0 aliphatic rings. The average molecular weight is 256 g/mol. The number of nitrogen functional groups attached to an aromatic ring is 1. The molecule has 0 aromatic carbocycles. The summed E-state index contributed by atoms with van der Waals surface area (Å²) in [4.78, 5) is 14.5. The summed E-state index contributed by atoms with van der Waals surface area (Å²) in [5.41, 5.74) is 2.53. The fourth-order valence-corrected chi connectivity index (χ4v) is 0.587. The number of rotatable bonds is 1. The topological polar surface area (TPSA) is 122 Å². The Bertz CT molecular complexity index is 401. The summed E-state index contributed by atoms with van der Waals surface area (Å²) in [7, 11) is -3.67. The Kier molecular flexibility index (Phi) is 9.63. The van der Waals surface area contributed by atoms with E-state index in [2.05, 4.69) is 4.98 Å². The molecule has 1 rings (SSSR count). The minimum Gasteiger partial charge on any atom is -0.290 e. The molecule has 1 amide bonds. The number of aromatic nitrogens is 1. The van der Waals surface area contributed by atoms with Crippen LogP contribution in [-0.4, -0.2) is 59.7 Å². The van der Waals surface area contributed by atoms with Crippen LogP contribution in [0.5, 0.6) is 0 Å². The SMILES string of the molecule is CS(=O)(=O)O.NNC(=O)c1ccncc1.[Na]. The number of hydrogen-bond donors (Lipinski definition) is 3. The number of nitrogens with zero attached hydrogens (tertiary/aromatic N) is 1. The van der Waals surface area contributed by atoms with Crippen molar-refractivity contribution in [2.24, 2.45) is 5.84 Å². The van der Waals surface area contributed by atoms with Gasteiger partial charge < -0.3 is 0 Å². The van der Waals surface area contributed by atoms with Crippen LogP contribution in [0.4, 0.5) is 0 Å². The van der Waals surface area contributed by atoms with Gasteiger partial charge in [-0.25, -0.2) is 5.84 Å². The number of nitrogens with one attached hydrogen (secondary N) is 1. The van der Waals surface area contributed by atoms with Crippen molar-refractivity contribution in [3.63, 3.8) is 0 Å². The summed E-state index contributed by atoms with van der Waals surface area (Å²) in [6.45, 7) is 0. The molecule has 4 N–H and O–H groups in total. The van der Waals surface area contributed by atoms with Gasteiger partial charge in [0.2, 0.25) is 0 Å². The van der Waals surface area contributed by atoms with Gasteiger partial charge in [-0.2, -0.15) is 8.42 Å². The van der Waals surface area contributed by atoms with Crippen molar-refractivity contribution in [2.45, 2.75) is 0 Å². The number of hydrazine groups is 1. The minimum atomic E-state index is -3.67. The van der Waals surface area contributed by atoms with Crippen molar-refractivity contribution in [1.29, 1.82) is 0 Å². The van der Waals surface area contributed by atoms with E-state index in [4.69, 9.17) is 10.4 Å². The molecule has 0 atom stereocenters. The van der Waals surface area contributed by atoms with Gasteiger partial charge in [-0.05, 0) is 12.1 Å². The molecule has 1 heterocycles. The number of amides is 1. The molecule has 0 aliphatic carbocycles.